The van der Waals surface area contributed by atoms with Crippen LogP contribution in [0.5, 0.6) is 0 Å². The minimum atomic E-state index is -0.314. The largest absolute Gasteiger partial charge is 0.370 e. The van der Waals surface area contributed by atoms with Crippen molar-refractivity contribution in [2.45, 2.75) is 19.4 Å². The van der Waals surface area contributed by atoms with Crippen LogP contribution in [-0.2, 0) is 4.79 Å². The van der Waals surface area contributed by atoms with Crippen molar-refractivity contribution in [3.05, 3.63) is 36.4 Å². The van der Waals surface area contributed by atoms with Crippen LogP contribution < -0.4 is 11.1 Å². The van der Waals surface area contributed by atoms with Gasteiger partial charge in [-0.05, 0) is 25.1 Å². The molecule has 2 aromatic rings. The molecule has 4 heteroatoms. The summed E-state index contributed by atoms with van der Waals surface area (Å²) in [6, 6.07) is 11.8. The molecular weight excluding hydrogens is 214 g/mol. The van der Waals surface area contributed by atoms with E-state index in [4.69, 9.17) is 5.73 Å². The van der Waals surface area contributed by atoms with Crippen molar-refractivity contribution in [1.82, 2.24) is 4.98 Å². The Kier molecular flexibility index (Phi) is 3.23. The van der Waals surface area contributed by atoms with E-state index in [-0.39, 0.29) is 11.9 Å². The summed E-state index contributed by atoms with van der Waals surface area (Å²) < 4.78 is 0. The van der Waals surface area contributed by atoms with Gasteiger partial charge in [0.15, 0.2) is 0 Å². The summed E-state index contributed by atoms with van der Waals surface area (Å²) in [5.74, 6) is 0.447. The second-order valence-corrected chi connectivity index (χ2v) is 4.11. The van der Waals surface area contributed by atoms with Crippen LogP contribution >= 0.6 is 0 Å². The zero-order valence-electron chi connectivity index (χ0n) is 9.68. The van der Waals surface area contributed by atoms with E-state index in [1.807, 2.05) is 43.3 Å². The summed E-state index contributed by atoms with van der Waals surface area (Å²) in [6.45, 7) is 1.90. The van der Waals surface area contributed by atoms with Crippen molar-refractivity contribution in [2.75, 3.05) is 5.32 Å². The fourth-order valence-electron chi connectivity index (χ4n) is 1.75. The molecule has 0 saturated carbocycles. The number of nitrogens with zero attached hydrogens (tertiary/aromatic N) is 1. The highest BCUT2D eigenvalue weighted by molar-refractivity contribution is 5.80. The topological polar surface area (TPSA) is 68.0 Å². The van der Waals surface area contributed by atoms with Crippen molar-refractivity contribution in [3.8, 4) is 0 Å². The second kappa shape index (κ2) is 4.82. The predicted octanol–water partition coefficient (Wildman–Crippen LogP) is 1.91. The number of nitrogens with two attached hydrogens (primary N) is 1. The van der Waals surface area contributed by atoms with Crippen LogP contribution in [0.3, 0.4) is 0 Å². The highest BCUT2D eigenvalue weighted by Crippen LogP contribution is 2.15. The number of primary amides is 1. The first kappa shape index (κ1) is 11.4. The summed E-state index contributed by atoms with van der Waals surface area (Å²) in [6.07, 6.45) is 0.300. The van der Waals surface area contributed by atoms with Gasteiger partial charge in [0.1, 0.15) is 5.82 Å². The van der Waals surface area contributed by atoms with Crippen LogP contribution in [0.2, 0.25) is 0 Å². The van der Waals surface area contributed by atoms with Gasteiger partial charge in [0.25, 0.3) is 0 Å². The molecule has 0 aliphatic carbocycles. The number of hydrogen-bond donors (Lipinski definition) is 2. The third-order valence-corrected chi connectivity index (χ3v) is 2.50. The van der Waals surface area contributed by atoms with Crippen molar-refractivity contribution in [2.24, 2.45) is 5.73 Å². The molecule has 0 radical (unpaired) electrons. The van der Waals surface area contributed by atoms with E-state index in [0.717, 1.165) is 16.7 Å². The maximum atomic E-state index is 10.8. The first-order valence-corrected chi connectivity index (χ1v) is 5.56. The lowest BCUT2D eigenvalue weighted by Gasteiger charge is -2.12. The maximum absolute atomic E-state index is 10.8. The van der Waals surface area contributed by atoms with Gasteiger partial charge in [-0.2, -0.15) is 0 Å². The van der Waals surface area contributed by atoms with Gasteiger partial charge in [0.2, 0.25) is 5.91 Å². The SMILES string of the molecule is CC(CC(N)=O)Nc1ccc2ccccc2n1. The van der Waals surface area contributed by atoms with Gasteiger partial charge in [0, 0.05) is 17.8 Å². The first-order valence-electron chi connectivity index (χ1n) is 5.56. The Morgan fingerprint density at radius 2 is 2.12 bits per heavy atom. The van der Waals surface area contributed by atoms with Crippen LogP contribution in [0.1, 0.15) is 13.3 Å². The molecule has 0 spiro atoms. The molecular formula is C13H15N3O. The zero-order valence-corrected chi connectivity index (χ0v) is 9.68. The van der Waals surface area contributed by atoms with Gasteiger partial charge >= 0.3 is 0 Å². The van der Waals surface area contributed by atoms with Crippen molar-refractivity contribution >= 4 is 22.6 Å². The summed E-state index contributed by atoms with van der Waals surface area (Å²) in [5.41, 5.74) is 6.07. The number of amides is 1. The van der Waals surface area contributed by atoms with E-state index in [2.05, 4.69) is 10.3 Å². The van der Waals surface area contributed by atoms with Crippen LogP contribution in [0.15, 0.2) is 36.4 Å². The van der Waals surface area contributed by atoms with E-state index >= 15 is 0 Å². The number of carbonyl (C=O) groups excluding carboxylic acids is 1. The van der Waals surface area contributed by atoms with Crippen LogP contribution in [-0.4, -0.2) is 16.9 Å². The fourth-order valence-corrected chi connectivity index (χ4v) is 1.75. The number of nitrogens with one attached hydrogen (secondary N) is 1. The average molecular weight is 229 g/mol. The molecule has 88 valence electrons. The summed E-state index contributed by atoms with van der Waals surface area (Å²) in [5, 5.41) is 4.25. The molecule has 17 heavy (non-hydrogen) atoms. The van der Waals surface area contributed by atoms with Crippen molar-refractivity contribution < 1.29 is 4.79 Å². The molecule has 3 N–H and O–H groups in total. The van der Waals surface area contributed by atoms with Crippen LogP contribution in [0, 0.1) is 0 Å². The van der Waals surface area contributed by atoms with E-state index < -0.39 is 0 Å². The Hall–Kier alpha value is -2.10. The highest BCUT2D eigenvalue weighted by Gasteiger charge is 2.06. The minimum Gasteiger partial charge on any atom is -0.370 e. The van der Waals surface area contributed by atoms with Crippen molar-refractivity contribution in [3.63, 3.8) is 0 Å². The van der Waals surface area contributed by atoms with Gasteiger partial charge in [-0.25, -0.2) is 4.98 Å². The lowest BCUT2D eigenvalue weighted by atomic mass is 10.2. The Morgan fingerprint density at radius 3 is 2.88 bits per heavy atom. The number of benzene rings is 1. The fraction of sp³-hybridized carbons (Fsp3) is 0.231. The third kappa shape index (κ3) is 2.93. The molecule has 1 heterocycles. The number of hydrogen-bond acceptors (Lipinski definition) is 3. The Labute approximate surface area is 99.8 Å². The van der Waals surface area contributed by atoms with Gasteiger partial charge in [-0.3, -0.25) is 4.79 Å². The lowest BCUT2D eigenvalue weighted by Crippen LogP contribution is -2.24. The molecule has 0 fully saturated rings. The molecule has 0 bridgehead atoms. The Balaban J connectivity index is 2.16. The molecule has 1 atom stereocenters. The minimum absolute atomic E-state index is 0.0128. The molecule has 2 rings (SSSR count). The highest BCUT2D eigenvalue weighted by atomic mass is 16.1. The van der Waals surface area contributed by atoms with E-state index in [0.29, 0.717) is 6.42 Å². The molecule has 0 aliphatic heterocycles. The number of rotatable bonds is 4. The second-order valence-electron chi connectivity index (χ2n) is 4.11. The number of carbonyl (C=O) groups is 1. The molecule has 4 nitrogen and oxygen atoms in total. The first-order chi connectivity index (χ1) is 8.15. The Morgan fingerprint density at radius 1 is 1.35 bits per heavy atom. The summed E-state index contributed by atoms with van der Waals surface area (Å²) >= 11 is 0. The van der Waals surface area contributed by atoms with Crippen LogP contribution in [0.4, 0.5) is 5.82 Å². The quantitative estimate of drug-likeness (QED) is 0.841. The molecule has 0 aliphatic rings. The number of fused-ring (bicyclic) bond motifs is 1. The number of pyridine rings is 1. The van der Waals surface area contributed by atoms with Gasteiger partial charge in [0.05, 0.1) is 5.52 Å². The summed E-state index contributed by atoms with van der Waals surface area (Å²) in [7, 11) is 0. The lowest BCUT2D eigenvalue weighted by molar-refractivity contribution is -0.118. The molecule has 1 aromatic heterocycles. The van der Waals surface area contributed by atoms with E-state index in [9.17, 15) is 4.79 Å². The van der Waals surface area contributed by atoms with Gasteiger partial charge in [-0.15, -0.1) is 0 Å². The zero-order chi connectivity index (χ0) is 12.3. The van der Waals surface area contributed by atoms with Crippen LogP contribution in [0.25, 0.3) is 10.9 Å². The third-order valence-electron chi connectivity index (χ3n) is 2.50. The molecule has 1 aromatic carbocycles. The normalized spacial score (nSPS) is 12.3. The number of aromatic nitrogens is 1. The number of para-hydroxylation sites is 1. The number of anilines is 1. The Bertz CT molecular complexity index is 539. The standard InChI is InChI=1S/C13H15N3O/c1-9(8-12(14)17)15-13-7-6-10-4-2-3-5-11(10)16-13/h2-7,9H,8H2,1H3,(H2,14,17)(H,15,16). The average Bonchev–Trinajstić information content (AvgIpc) is 2.27. The predicted molar refractivity (Wildman–Crippen MR) is 68.6 cm³/mol. The monoisotopic (exact) mass is 229 g/mol. The van der Waals surface area contributed by atoms with Crippen molar-refractivity contribution in [1.29, 1.82) is 0 Å². The molecule has 1 amide bonds. The van der Waals surface area contributed by atoms with Gasteiger partial charge in [-0.1, -0.05) is 18.2 Å². The smallest absolute Gasteiger partial charge is 0.219 e. The maximum Gasteiger partial charge on any atom is 0.219 e. The molecule has 0 saturated heterocycles. The van der Waals surface area contributed by atoms with E-state index in [1.54, 1.807) is 0 Å². The summed E-state index contributed by atoms with van der Waals surface area (Å²) in [4.78, 5) is 15.2. The van der Waals surface area contributed by atoms with E-state index in [1.165, 1.54) is 0 Å². The van der Waals surface area contributed by atoms with Gasteiger partial charge < -0.3 is 11.1 Å². The molecule has 1 unspecified atom stereocenters.